The van der Waals surface area contributed by atoms with Crippen LogP contribution in [-0.2, 0) is 0 Å². The second-order valence-corrected chi connectivity index (χ2v) is 5.49. The summed E-state index contributed by atoms with van der Waals surface area (Å²) >= 11 is 0. The van der Waals surface area contributed by atoms with Gasteiger partial charge in [-0.05, 0) is 18.8 Å². The van der Waals surface area contributed by atoms with Gasteiger partial charge in [0.05, 0.1) is 12.7 Å². The minimum Gasteiger partial charge on any atom is -0.373 e. The van der Waals surface area contributed by atoms with Crippen LogP contribution in [0.4, 0.5) is 0 Å². The van der Waals surface area contributed by atoms with Crippen LogP contribution in [0.2, 0.25) is 0 Å². The topological polar surface area (TPSA) is 83.8 Å². The van der Waals surface area contributed by atoms with Gasteiger partial charge in [0.15, 0.2) is 11.2 Å². The summed E-state index contributed by atoms with van der Waals surface area (Å²) in [5, 5.41) is 10.5. The van der Waals surface area contributed by atoms with E-state index in [0.717, 1.165) is 31.6 Å². The lowest BCUT2D eigenvalue weighted by molar-refractivity contribution is 0.0200. The molecule has 2 N–H and O–H groups in total. The van der Waals surface area contributed by atoms with Crippen molar-refractivity contribution in [3.05, 3.63) is 23.0 Å². The average Bonchev–Trinajstić information content (AvgIpc) is 2.84. The van der Waals surface area contributed by atoms with Gasteiger partial charge in [0.25, 0.3) is 5.56 Å². The van der Waals surface area contributed by atoms with Crippen molar-refractivity contribution in [3.63, 3.8) is 0 Å². The number of fused-ring (bicyclic) bond motifs is 1. The number of aliphatic hydroxyl groups excluding tert-OH is 1. The molecule has 1 fully saturated rings. The lowest BCUT2D eigenvalue weighted by Gasteiger charge is -2.30. The second kappa shape index (κ2) is 4.77. The molecular formula is C13H18N4O2. The van der Waals surface area contributed by atoms with Crippen molar-refractivity contribution in [3.8, 4) is 0 Å². The molecule has 19 heavy (non-hydrogen) atoms. The van der Waals surface area contributed by atoms with Crippen molar-refractivity contribution >= 4 is 11.2 Å². The Hall–Kier alpha value is -1.69. The Kier molecular flexibility index (Phi) is 3.10. The number of hydrogen-bond acceptors (Lipinski definition) is 4. The zero-order valence-corrected chi connectivity index (χ0v) is 10.9. The molecule has 1 aliphatic carbocycles. The summed E-state index contributed by atoms with van der Waals surface area (Å²) in [5.41, 5.74) is 0.466. The highest BCUT2D eigenvalue weighted by Gasteiger charge is 2.27. The number of imidazole rings is 1. The van der Waals surface area contributed by atoms with Crippen LogP contribution in [0, 0.1) is 11.8 Å². The van der Waals surface area contributed by atoms with Crippen LogP contribution >= 0.6 is 0 Å². The van der Waals surface area contributed by atoms with Gasteiger partial charge < -0.3 is 10.1 Å². The third-order valence-electron chi connectivity index (χ3n) is 4.13. The average molecular weight is 262 g/mol. The van der Waals surface area contributed by atoms with Crippen LogP contribution in [-0.4, -0.2) is 24.6 Å². The normalized spacial score (nSPS) is 25.6. The molecule has 2 heterocycles. The van der Waals surface area contributed by atoms with Crippen molar-refractivity contribution in [1.29, 1.82) is 0 Å². The fourth-order valence-corrected chi connectivity index (χ4v) is 2.87. The fraction of sp³-hybridized carbons (Fsp3) is 0.615. The first-order valence-electron chi connectivity index (χ1n) is 6.75. The van der Waals surface area contributed by atoms with Crippen LogP contribution in [0.25, 0.3) is 11.2 Å². The molecule has 0 aromatic carbocycles. The first-order valence-corrected chi connectivity index (χ1v) is 6.75. The Balaban J connectivity index is 1.91. The van der Waals surface area contributed by atoms with E-state index in [1.165, 1.54) is 12.7 Å². The Morgan fingerprint density at radius 1 is 1.37 bits per heavy atom. The minimum absolute atomic E-state index is 0.217. The van der Waals surface area contributed by atoms with Crippen molar-refractivity contribution < 1.29 is 5.11 Å². The molecule has 0 spiro atoms. The van der Waals surface area contributed by atoms with Crippen LogP contribution in [0.3, 0.4) is 0 Å². The van der Waals surface area contributed by atoms with Crippen molar-refractivity contribution in [1.82, 2.24) is 19.5 Å². The molecule has 0 aliphatic heterocycles. The number of rotatable bonds is 2. The molecule has 1 unspecified atom stereocenters. The van der Waals surface area contributed by atoms with Gasteiger partial charge in [0, 0.05) is 5.92 Å². The number of aliphatic hydroxyl groups is 1. The molecule has 1 atom stereocenters. The van der Waals surface area contributed by atoms with E-state index < -0.39 is 6.23 Å². The number of nitrogens with one attached hydrogen (secondary N) is 1. The number of H-pyrrole nitrogens is 1. The maximum atomic E-state index is 11.6. The van der Waals surface area contributed by atoms with E-state index in [1.54, 1.807) is 4.57 Å². The Morgan fingerprint density at radius 2 is 2.11 bits per heavy atom. The highest BCUT2D eigenvalue weighted by Crippen LogP contribution is 2.34. The predicted molar refractivity (Wildman–Crippen MR) is 70.5 cm³/mol. The molecule has 2 aromatic rings. The maximum absolute atomic E-state index is 11.6. The monoisotopic (exact) mass is 262 g/mol. The smallest absolute Gasteiger partial charge is 0.278 e. The van der Waals surface area contributed by atoms with E-state index in [0.29, 0.717) is 5.65 Å². The van der Waals surface area contributed by atoms with E-state index in [1.807, 2.05) is 0 Å². The molecule has 0 saturated heterocycles. The highest BCUT2D eigenvalue weighted by atomic mass is 16.3. The van der Waals surface area contributed by atoms with Crippen LogP contribution < -0.4 is 5.56 Å². The summed E-state index contributed by atoms with van der Waals surface area (Å²) in [6.45, 7) is 2.25. The number of aromatic amines is 1. The summed E-state index contributed by atoms with van der Waals surface area (Å²) in [7, 11) is 0. The Labute approximate surface area is 110 Å². The molecule has 0 amide bonds. The van der Waals surface area contributed by atoms with E-state index in [4.69, 9.17) is 0 Å². The summed E-state index contributed by atoms with van der Waals surface area (Å²) < 4.78 is 1.62. The van der Waals surface area contributed by atoms with Gasteiger partial charge in [0.1, 0.15) is 6.23 Å². The predicted octanol–water partition coefficient (Wildman–Crippen LogP) is 1.44. The number of aromatic nitrogens is 4. The maximum Gasteiger partial charge on any atom is 0.278 e. The van der Waals surface area contributed by atoms with E-state index in [9.17, 15) is 9.90 Å². The molecule has 102 valence electrons. The second-order valence-electron chi connectivity index (χ2n) is 5.49. The molecule has 2 aromatic heterocycles. The highest BCUT2D eigenvalue weighted by molar-refractivity contribution is 5.68. The lowest BCUT2D eigenvalue weighted by atomic mass is 9.82. The van der Waals surface area contributed by atoms with Gasteiger partial charge >= 0.3 is 0 Å². The molecule has 1 aliphatic rings. The third kappa shape index (κ3) is 2.16. The summed E-state index contributed by atoms with van der Waals surface area (Å²) in [4.78, 5) is 22.2. The SMILES string of the molecule is CC1CCC(C(O)n2cnc3c(=O)[nH]cnc32)CC1. The van der Waals surface area contributed by atoms with Gasteiger partial charge in [-0.3, -0.25) is 9.36 Å². The van der Waals surface area contributed by atoms with Crippen LogP contribution in [0.5, 0.6) is 0 Å². The summed E-state index contributed by atoms with van der Waals surface area (Å²) in [6, 6.07) is 0. The van der Waals surface area contributed by atoms with E-state index in [2.05, 4.69) is 21.9 Å². The molecule has 3 rings (SSSR count). The minimum atomic E-state index is -0.646. The third-order valence-corrected chi connectivity index (χ3v) is 4.13. The van der Waals surface area contributed by atoms with Gasteiger partial charge in [-0.15, -0.1) is 0 Å². The number of nitrogens with zero attached hydrogens (tertiary/aromatic N) is 3. The zero-order chi connectivity index (χ0) is 13.4. The first kappa shape index (κ1) is 12.3. The standard InChI is InChI=1S/C13H18N4O2/c1-8-2-4-9(5-3-8)13(19)17-7-16-10-11(17)14-6-15-12(10)18/h6-9,13,19H,2-5H2,1H3,(H,14,15,18). The fourth-order valence-electron chi connectivity index (χ4n) is 2.87. The van der Waals surface area contributed by atoms with Crippen molar-refractivity contribution in [2.45, 2.75) is 38.8 Å². The Morgan fingerprint density at radius 3 is 2.84 bits per heavy atom. The van der Waals surface area contributed by atoms with Crippen molar-refractivity contribution in [2.75, 3.05) is 0 Å². The summed E-state index contributed by atoms with van der Waals surface area (Å²) in [5.74, 6) is 0.957. The molecule has 6 heteroatoms. The summed E-state index contributed by atoms with van der Waals surface area (Å²) in [6.07, 6.45) is 6.50. The van der Waals surface area contributed by atoms with Gasteiger partial charge in [0.2, 0.25) is 0 Å². The molecular weight excluding hydrogens is 244 g/mol. The van der Waals surface area contributed by atoms with Gasteiger partial charge in [-0.2, -0.15) is 0 Å². The zero-order valence-electron chi connectivity index (χ0n) is 10.9. The largest absolute Gasteiger partial charge is 0.373 e. The van der Waals surface area contributed by atoms with Crippen molar-refractivity contribution in [2.24, 2.45) is 11.8 Å². The van der Waals surface area contributed by atoms with E-state index in [-0.39, 0.29) is 17.0 Å². The molecule has 0 bridgehead atoms. The number of hydrogen-bond donors (Lipinski definition) is 2. The van der Waals surface area contributed by atoms with Gasteiger partial charge in [-0.25, -0.2) is 9.97 Å². The Bertz CT molecular complexity index is 625. The molecule has 1 saturated carbocycles. The van der Waals surface area contributed by atoms with Gasteiger partial charge in [-0.1, -0.05) is 19.8 Å². The molecule has 0 radical (unpaired) electrons. The molecule has 6 nitrogen and oxygen atoms in total. The van der Waals surface area contributed by atoms with Crippen LogP contribution in [0.1, 0.15) is 38.8 Å². The van der Waals surface area contributed by atoms with E-state index >= 15 is 0 Å². The van der Waals surface area contributed by atoms with Crippen LogP contribution in [0.15, 0.2) is 17.4 Å². The quantitative estimate of drug-likeness (QED) is 0.857. The first-order chi connectivity index (χ1) is 9.16. The lowest BCUT2D eigenvalue weighted by Crippen LogP contribution is -2.23.